The second-order valence-electron chi connectivity index (χ2n) is 4.96. The Balaban J connectivity index is 4.08. The van der Waals surface area contributed by atoms with Crippen LogP contribution in [0.25, 0.3) is 0 Å². The van der Waals surface area contributed by atoms with Crippen molar-refractivity contribution in [3.63, 3.8) is 0 Å². The molecule has 21 heavy (non-hydrogen) atoms. The van der Waals surface area contributed by atoms with Crippen LogP contribution >= 0.6 is 23.2 Å². The lowest BCUT2D eigenvalue weighted by molar-refractivity contribution is 0.179. The highest BCUT2D eigenvalue weighted by Gasteiger charge is 2.11. The molecule has 0 aliphatic carbocycles. The highest BCUT2D eigenvalue weighted by molar-refractivity contribution is 6.95. The van der Waals surface area contributed by atoms with E-state index >= 15 is 0 Å². The predicted molar refractivity (Wildman–Crippen MR) is 91.9 cm³/mol. The Morgan fingerprint density at radius 2 is 1.67 bits per heavy atom. The molecule has 0 fully saturated rings. The van der Waals surface area contributed by atoms with Gasteiger partial charge in [-0.3, -0.25) is 0 Å². The third-order valence-corrected chi connectivity index (χ3v) is 3.20. The van der Waals surface area contributed by atoms with E-state index in [9.17, 15) is 10.2 Å². The van der Waals surface area contributed by atoms with Gasteiger partial charge in [0, 0.05) is 6.20 Å². The lowest BCUT2D eigenvalue weighted by Gasteiger charge is -2.16. The summed E-state index contributed by atoms with van der Waals surface area (Å²) in [6.07, 6.45) is 4.18. The largest absolute Gasteiger partial charge is 0.389 e. The van der Waals surface area contributed by atoms with Crippen LogP contribution in [0.2, 0.25) is 0 Å². The molecule has 0 aromatic carbocycles. The van der Waals surface area contributed by atoms with Crippen molar-refractivity contribution >= 4 is 27.8 Å². The number of aliphatic imine (C=N–C) groups is 1. The van der Waals surface area contributed by atoms with Crippen molar-refractivity contribution in [3.05, 3.63) is 48.7 Å². The number of hydrogen-bond donors (Lipinski definition) is 2. The van der Waals surface area contributed by atoms with Gasteiger partial charge in [-0.05, 0) is 67.5 Å². The molecule has 0 unspecified atom stereocenters. The molecule has 0 saturated carbocycles. The quantitative estimate of drug-likeness (QED) is 0.356. The van der Waals surface area contributed by atoms with Gasteiger partial charge in [-0.25, -0.2) is 4.99 Å². The zero-order valence-electron chi connectivity index (χ0n) is 12.4. The van der Waals surface area contributed by atoms with Gasteiger partial charge in [0.05, 0.1) is 12.2 Å². The number of aliphatic hydroxyl groups is 2. The fourth-order valence-corrected chi connectivity index (χ4v) is 1.66. The summed E-state index contributed by atoms with van der Waals surface area (Å²) in [7, 11) is 0. The van der Waals surface area contributed by atoms with Crippen LogP contribution in [-0.2, 0) is 0 Å². The molecule has 0 aliphatic heterocycles. The van der Waals surface area contributed by atoms with Crippen molar-refractivity contribution in [2.24, 2.45) is 4.99 Å². The Bertz CT molecular complexity index is 438. The number of rotatable bonds is 10. The summed E-state index contributed by atoms with van der Waals surface area (Å²) in [6.45, 7) is 13.2. The first-order valence-electron chi connectivity index (χ1n) is 6.66. The monoisotopic (exact) mass is 331 g/mol. The molecule has 2 N–H and O–H groups in total. The Morgan fingerprint density at radius 3 is 2.19 bits per heavy atom. The van der Waals surface area contributed by atoms with Gasteiger partial charge in [-0.1, -0.05) is 30.9 Å². The topological polar surface area (TPSA) is 52.8 Å². The van der Waals surface area contributed by atoms with Gasteiger partial charge in [0.25, 0.3) is 0 Å². The van der Waals surface area contributed by atoms with Gasteiger partial charge in [0.1, 0.15) is 0 Å². The van der Waals surface area contributed by atoms with E-state index < -0.39 is 12.2 Å². The number of aliphatic hydroxyl groups excluding tert-OH is 2. The molecule has 0 amide bonds. The summed E-state index contributed by atoms with van der Waals surface area (Å²) in [5.41, 5.74) is 2.23. The Kier molecular flexibility index (Phi) is 10.4. The molecule has 0 saturated heterocycles. The van der Waals surface area contributed by atoms with E-state index in [1.807, 2.05) is 0 Å². The van der Waals surface area contributed by atoms with E-state index in [0.717, 1.165) is 5.57 Å². The molecule has 0 spiro atoms. The molecular formula is C16H23Cl2NO2. The highest BCUT2D eigenvalue weighted by atomic mass is 35.5. The van der Waals surface area contributed by atoms with Crippen molar-refractivity contribution in [2.75, 3.05) is 0 Å². The van der Waals surface area contributed by atoms with Crippen LogP contribution in [0, 0.1) is 0 Å². The SMILES string of the molecule is C=C(/C=C/N=C(Cl)Cl)CC[C@@H](O)C(=C)CC[C@@H](O)C(=C)C. The standard InChI is InChI=1S/C16H23Cl2NO2/c1-11(2)14(20)8-6-13(4)15(21)7-5-12(3)9-10-19-16(17)18/h9-10,14-15,20-21H,1,3-8H2,2H3/b10-9+/t14-,15-/m1/s1. The van der Waals surface area contributed by atoms with Crippen LogP contribution in [0.15, 0.2) is 53.7 Å². The third kappa shape index (κ3) is 10.5. The minimum absolute atomic E-state index is 0.0662. The second kappa shape index (κ2) is 10.8. The summed E-state index contributed by atoms with van der Waals surface area (Å²) in [5.74, 6) is 0. The van der Waals surface area contributed by atoms with Crippen LogP contribution in [0.4, 0.5) is 0 Å². The molecule has 0 heterocycles. The predicted octanol–water partition coefficient (Wildman–Crippen LogP) is 4.30. The second-order valence-corrected chi connectivity index (χ2v) is 5.87. The van der Waals surface area contributed by atoms with Gasteiger partial charge >= 0.3 is 0 Å². The van der Waals surface area contributed by atoms with Gasteiger partial charge in [-0.15, -0.1) is 0 Å². The molecule has 0 bridgehead atoms. The number of hydrogen-bond acceptors (Lipinski definition) is 3. The van der Waals surface area contributed by atoms with Gasteiger partial charge in [0.2, 0.25) is 0 Å². The van der Waals surface area contributed by atoms with Gasteiger partial charge in [-0.2, -0.15) is 0 Å². The first kappa shape index (κ1) is 20.1. The fourth-order valence-electron chi connectivity index (χ4n) is 1.54. The Morgan fingerprint density at radius 1 is 1.10 bits per heavy atom. The van der Waals surface area contributed by atoms with Crippen molar-refractivity contribution in [1.29, 1.82) is 0 Å². The summed E-state index contributed by atoms with van der Waals surface area (Å²) in [5, 5.41) is 19.6. The number of allylic oxidation sites excluding steroid dienone is 2. The molecule has 0 aromatic rings. The molecule has 5 heteroatoms. The van der Waals surface area contributed by atoms with Crippen molar-refractivity contribution in [2.45, 2.75) is 44.8 Å². The molecule has 0 radical (unpaired) electrons. The van der Waals surface area contributed by atoms with Crippen LogP contribution < -0.4 is 0 Å². The van der Waals surface area contributed by atoms with Crippen LogP contribution in [-0.4, -0.2) is 27.1 Å². The van der Waals surface area contributed by atoms with E-state index in [1.54, 1.807) is 13.0 Å². The number of halogens is 2. The summed E-state index contributed by atoms with van der Waals surface area (Å²) >= 11 is 10.7. The highest BCUT2D eigenvalue weighted by Crippen LogP contribution is 2.18. The normalized spacial score (nSPS) is 13.8. The van der Waals surface area contributed by atoms with Crippen molar-refractivity contribution in [1.82, 2.24) is 0 Å². The molecule has 118 valence electrons. The first-order chi connectivity index (χ1) is 9.73. The Labute approximate surface area is 137 Å². The van der Waals surface area contributed by atoms with Crippen molar-refractivity contribution in [3.8, 4) is 0 Å². The van der Waals surface area contributed by atoms with Gasteiger partial charge < -0.3 is 10.2 Å². The fraction of sp³-hybridized carbons (Fsp3) is 0.438. The number of nitrogens with zero attached hydrogens (tertiary/aromatic N) is 1. The van der Waals surface area contributed by atoms with E-state index in [1.165, 1.54) is 6.20 Å². The average Bonchev–Trinajstić information content (AvgIpc) is 2.40. The molecule has 0 aliphatic rings. The lowest BCUT2D eigenvalue weighted by Crippen LogP contribution is -2.13. The molecule has 3 nitrogen and oxygen atoms in total. The average molecular weight is 332 g/mol. The van der Waals surface area contributed by atoms with Crippen molar-refractivity contribution < 1.29 is 10.2 Å². The van der Waals surface area contributed by atoms with Crippen LogP contribution in [0.1, 0.15) is 32.6 Å². The zero-order chi connectivity index (χ0) is 16.4. The zero-order valence-corrected chi connectivity index (χ0v) is 13.9. The first-order valence-corrected chi connectivity index (χ1v) is 7.42. The summed E-state index contributed by atoms with van der Waals surface area (Å²) in [6, 6.07) is 0. The molecule has 0 aromatic heterocycles. The minimum atomic E-state index is -0.618. The summed E-state index contributed by atoms with van der Waals surface area (Å²) in [4.78, 5) is 3.68. The molecular weight excluding hydrogens is 309 g/mol. The maximum Gasteiger partial charge on any atom is 0.196 e. The third-order valence-electron chi connectivity index (χ3n) is 3.00. The van der Waals surface area contributed by atoms with E-state index in [4.69, 9.17) is 23.2 Å². The Hall–Kier alpha value is -0.870. The van der Waals surface area contributed by atoms with E-state index in [2.05, 4.69) is 24.7 Å². The van der Waals surface area contributed by atoms with Crippen LogP contribution in [0.3, 0.4) is 0 Å². The van der Waals surface area contributed by atoms with Crippen LogP contribution in [0.5, 0.6) is 0 Å². The smallest absolute Gasteiger partial charge is 0.196 e. The molecule has 0 rings (SSSR count). The maximum absolute atomic E-state index is 9.99. The van der Waals surface area contributed by atoms with Gasteiger partial charge in [0.15, 0.2) is 4.63 Å². The minimum Gasteiger partial charge on any atom is -0.389 e. The maximum atomic E-state index is 9.99. The van der Waals surface area contributed by atoms with E-state index in [-0.39, 0.29) is 4.63 Å². The lowest BCUT2D eigenvalue weighted by atomic mass is 9.97. The molecule has 2 atom stereocenters. The van der Waals surface area contributed by atoms with E-state index in [0.29, 0.717) is 36.8 Å². The summed E-state index contributed by atoms with van der Waals surface area (Å²) < 4.78 is -0.0662.